The third-order valence-corrected chi connectivity index (χ3v) is 2.13. The van der Waals surface area contributed by atoms with E-state index in [1.54, 1.807) is 7.11 Å². The number of aldehydes is 1. The quantitative estimate of drug-likeness (QED) is 0.531. The Hall–Kier alpha value is -1.51. The molecule has 0 unspecified atom stereocenters. The molecule has 0 atom stereocenters. The van der Waals surface area contributed by atoms with Crippen molar-refractivity contribution < 1.29 is 14.3 Å². The Balaban J connectivity index is 2.73. The maximum Gasteiger partial charge on any atom is 0.161 e. The van der Waals surface area contributed by atoms with Gasteiger partial charge in [0.15, 0.2) is 11.5 Å². The van der Waals surface area contributed by atoms with Gasteiger partial charge in [-0.1, -0.05) is 13.0 Å². The van der Waals surface area contributed by atoms with E-state index in [0.717, 1.165) is 18.5 Å². The molecule has 0 saturated heterocycles. The standard InChI is InChI=1S/C12H16O3/c1-3-10-5-6-11(12(9-10)14-2)15-8-4-7-13/h5-7,9H,3-4,8H2,1-2H3. The van der Waals surface area contributed by atoms with Crippen LogP contribution in [0.4, 0.5) is 0 Å². The van der Waals surface area contributed by atoms with Gasteiger partial charge in [0, 0.05) is 6.42 Å². The summed E-state index contributed by atoms with van der Waals surface area (Å²) in [4.78, 5) is 10.1. The topological polar surface area (TPSA) is 35.5 Å². The van der Waals surface area contributed by atoms with Gasteiger partial charge in [0.05, 0.1) is 13.7 Å². The maximum atomic E-state index is 10.1. The number of methoxy groups -OCH3 is 1. The van der Waals surface area contributed by atoms with E-state index in [1.807, 2.05) is 18.2 Å². The number of rotatable bonds is 6. The van der Waals surface area contributed by atoms with Crippen LogP contribution in [0.5, 0.6) is 11.5 Å². The van der Waals surface area contributed by atoms with Crippen molar-refractivity contribution in [3.05, 3.63) is 23.8 Å². The molecule has 1 rings (SSSR count). The van der Waals surface area contributed by atoms with Crippen LogP contribution in [0, 0.1) is 0 Å². The molecule has 0 fully saturated rings. The van der Waals surface area contributed by atoms with Gasteiger partial charge in [0.2, 0.25) is 0 Å². The van der Waals surface area contributed by atoms with Crippen molar-refractivity contribution in [3.8, 4) is 11.5 Å². The van der Waals surface area contributed by atoms with Crippen molar-refractivity contribution in [2.45, 2.75) is 19.8 Å². The van der Waals surface area contributed by atoms with Gasteiger partial charge in [-0.3, -0.25) is 0 Å². The summed E-state index contributed by atoms with van der Waals surface area (Å²) in [7, 11) is 1.61. The van der Waals surface area contributed by atoms with Gasteiger partial charge in [0.1, 0.15) is 6.29 Å². The van der Waals surface area contributed by atoms with Crippen LogP contribution in [0.1, 0.15) is 18.9 Å². The minimum Gasteiger partial charge on any atom is -0.493 e. The fraction of sp³-hybridized carbons (Fsp3) is 0.417. The van der Waals surface area contributed by atoms with E-state index in [1.165, 1.54) is 5.56 Å². The molecule has 0 N–H and O–H groups in total. The van der Waals surface area contributed by atoms with Crippen molar-refractivity contribution in [2.24, 2.45) is 0 Å². The molecule has 0 spiro atoms. The molecule has 0 saturated carbocycles. The largest absolute Gasteiger partial charge is 0.493 e. The Labute approximate surface area is 90.0 Å². The Kier molecular flexibility index (Phi) is 4.68. The highest BCUT2D eigenvalue weighted by Gasteiger charge is 2.04. The summed E-state index contributed by atoms with van der Waals surface area (Å²) in [6, 6.07) is 5.83. The second kappa shape index (κ2) is 6.06. The minimum atomic E-state index is 0.394. The second-order valence-electron chi connectivity index (χ2n) is 3.14. The van der Waals surface area contributed by atoms with Gasteiger partial charge < -0.3 is 14.3 Å². The van der Waals surface area contributed by atoms with Gasteiger partial charge in [-0.05, 0) is 24.1 Å². The zero-order valence-electron chi connectivity index (χ0n) is 9.16. The molecular formula is C12H16O3. The predicted octanol–water partition coefficient (Wildman–Crippen LogP) is 2.23. The third-order valence-electron chi connectivity index (χ3n) is 2.13. The molecule has 0 radical (unpaired) electrons. The van der Waals surface area contributed by atoms with Crippen LogP contribution < -0.4 is 9.47 Å². The molecule has 3 nitrogen and oxygen atoms in total. The first-order valence-corrected chi connectivity index (χ1v) is 5.05. The lowest BCUT2D eigenvalue weighted by atomic mass is 10.1. The molecule has 1 aromatic carbocycles. The molecule has 1 aromatic rings. The number of carbonyl (C=O) groups is 1. The van der Waals surface area contributed by atoms with Crippen LogP contribution >= 0.6 is 0 Å². The first-order valence-electron chi connectivity index (χ1n) is 5.05. The van der Waals surface area contributed by atoms with Crippen molar-refractivity contribution in [2.75, 3.05) is 13.7 Å². The average Bonchev–Trinajstić information content (AvgIpc) is 2.29. The summed E-state index contributed by atoms with van der Waals surface area (Å²) < 4.78 is 10.6. The highest BCUT2D eigenvalue weighted by atomic mass is 16.5. The first kappa shape index (κ1) is 11.6. The summed E-state index contributed by atoms with van der Waals surface area (Å²) in [6.45, 7) is 2.48. The van der Waals surface area contributed by atoms with E-state index in [9.17, 15) is 4.79 Å². The van der Waals surface area contributed by atoms with Crippen LogP contribution in [-0.2, 0) is 11.2 Å². The molecule has 0 heterocycles. The van der Waals surface area contributed by atoms with Crippen LogP contribution in [-0.4, -0.2) is 20.0 Å². The zero-order valence-corrected chi connectivity index (χ0v) is 9.16. The molecule has 0 aliphatic carbocycles. The lowest BCUT2D eigenvalue weighted by Crippen LogP contribution is -2.00. The second-order valence-corrected chi connectivity index (χ2v) is 3.14. The number of hydrogen-bond acceptors (Lipinski definition) is 3. The highest BCUT2D eigenvalue weighted by molar-refractivity contribution is 5.49. The first-order chi connectivity index (χ1) is 7.31. The molecule has 3 heteroatoms. The molecular weight excluding hydrogens is 192 g/mol. The van der Waals surface area contributed by atoms with Crippen molar-refractivity contribution in [1.82, 2.24) is 0 Å². The van der Waals surface area contributed by atoms with E-state index >= 15 is 0 Å². The van der Waals surface area contributed by atoms with E-state index in [2.05, 4.69) is 6.92 Å². The van der Waals surface area contributed by atoms with Crippen molar-refractivity contribution >= 4 is 6.29 Å². The highest BCUT2D eigenvalue weighted by Crippen LogP contribution is 2.28. The number of ether oxygens (including phenoxy) is 2. The maximum absolute atomic E-state index is 10.1. The van der Waals surface area contributed by atoms with Crippen molar-refractivity contribution in [1.29, 1.82) is 0 Å². The molecule has 0 amide bonds. The number of hydrogen-bond donors (Lipinski definition) is 0. The minimum absolute atomic E-state index is 0.394. The number of aryl methyl sites for hydroxylation is 1. The fourth-order valence-electron chi connectivity index (χ4n) is 1.27. The number of benzene rings is 1. The molecule has 15 heavy (non-hydrogen) atoms. The van der Waals surface area contributed by atoms with E-state index in [4.69, 9.17) is 9.47 Å². The summed E-state index contributed by atoms with van der Waals surface area (Å²) in [6.07, 6.45) is 2.20. The Morgan fingerprint density at radius 1 is 1.33 bits per heavy atom. The van der Waals surface area contributed by atoms with E-state index in [0.29, 0.717) is 18.8 Å². The molecule has 0 aliphatic rings. The smallest absolute Gasteiger partial charge is 0.161 e. The summed E-state index contributed by atoms with van der Waals surface area (Å²) >= 11 is 0. The zero-order chi connectivity index (χ0) is 11.1. The Morgan fingerprint density at radius 2 is 2.13 bits per heavy atom. The summed E-state index contributed by atoms with van der Waals surface area (Å²) in [5, 5.41) is 0. The van der Waals surface area contributed by atoms with Gasteiger partial charge in [0.25, 0.3) is 0 Å². The average molecular weight is 208 g/mol. The van der Waals surface area contributed by atoms with Crippen LogP contribution in [0.3, 0.4) is 0 Å². The fourth-order valence-corrected chi connectivity index (χ4v) is 1.27. The van der Waals surface area contributed by atoms with Gasteiger partial charge in [-0.2, -0.15) is 0 Å². The van der Waals surface area contributed by atoms with E-state index in [-0.39, 0.29) is 0 Å². The lowest BCUT2D eigenvalue weighted by molar-refractivity contribution is -0.108. The van der Waals surface area contributed by atoms with Crippen LogP contribution in [0.15, 0.2) is 18.2 Å². The predicted molar refractivity (Wildman–Crippen MR) is 58.5 cm³/mol. The van der Waals surface area contributed by atoms with Crippen molar-refractivity contribution in [3.63, 3.8) is 0 Å². The van der Waals surface area contributed by atoms with Crippen LogP contribution in [0.25, 0.3) is 0 Å². The third kappa shape index (κ3) is 3.27. The monoisotopic (exact) mass is 208 g/mol. The number of carbonyl (C=O) groups excluding carboxylic acids is 1. The Morgan fingerprint density at radius 3 is 2.73 bits per heavy atom. The lowest BCUT2D eigenvalue weighted by Gasteiger charge is -2.10. The molecule has 0 aliphatic heterocycles. The Bertz CT molecular complexity index is 321. The molecule has 82 valence electrons. The van der Waals surface area contributed by atoms with Crippen LogP contribution in [0.2, 0.25) is 0 Å². The summed E-state index contributed by atoms with van der Waals surface area (Å²) in [5.74, 6) is 1.41. The van der Waals surface area contributed by atoms with Gasteiger partial charge >= 0.3 is 0 Å². The van der Waals surface area contributed by atoms with Gasteiger partial charge in [-0.25, -0.2) is 0 Å². The van der Waals surface area contributed by atoms with E-state index < -0.39 is 0 Å². The summed E-state index contributed by atoms with van der Waals surface area (Å²) in [5.41, 5.74) is 1.20. The molecule has 0 bridgehead atoms. The normalized spacial score (nSPS) is 9.73. The SMILES string of the molecule is CCc1ccc(OCCC=O)c(OC)c1. The molecule has 0 aromatic heterocycles. The van der Waals surface area contributed by atoms with Gasteiger partial charge in [-0.15, -0.1) is 0 Å².